The van der Waals surface area contributed by atoms with Crippen molar-refractivity contribution in [2.75, 3.05) is 29.1 Å². The largest absolute Gasteiger partial charge is 0.489 e. The number of carbonyl (C=O) groups is 1. The van der Waals surface area contributed by atoms with Crippen LogP contribution in [-0.2, 0) is 17.9 Å². The molecule has 1 amide bonds. The molecule has 0 aliphatic carbocycles. The molecule has 0 bridgehead atoms. The van der Waals surface area contributed by atoms with Gasteiger partial charge in [-0.3, -0.25) is 4.79 Å². The minimum atomic E-state index is -0.254. The lowest BCUT2D eigenvalue weighted by atomic mass is 10.2. The molecule has 4 rings (SSSR count). The molecule has 0 atom stereocenters. The molecule has 2 aromatic carbocycles. The first kappa shape index (κ1) is 19.7. The molecule has 1 aliphatic rings. The summed E-state index contributed by atoms with van der Waals surface area (Å²) >= 11 is 0. The Morgan fingerprint density at radius 2 is 1.83 bits per heavy atom. The number of ether oxygens (including phenoxy) is 1. The first-order chi connectivity index (χ1) is 14.5. The molecular weight excluding hydrogens is 383 g/mol. The number of hydrogen-bond acceptors (Lipinski definition) is 5. The van der Waals surface area contributed by atoms with Gasteiger partial charge in [-0.25, -0.2) is 9.37 Å². The van der Waals surface area contributed by atoms with E-state index in [0.29, 0.717) is 19.7 Å². The van der Waals surface area contributed by atoms with Crippen molar-refractivity contribution < 1.29 is 13.9 Å². The Balaban J connectivity index is 1.36. The number of carbonyl (C=O) groups excluding carboxylic acids is 1. The molecule has 1 aromatic heterocycles. The standard InChI is InChI=1S/C23H23FN4O2/c1-15-23-20(28(2)13-22(29)27-23)11-21(26-15)25-12-16-5-9-19(10-6-16)30-14-17-3-7-18(24)8-4-17/h3-11H,12-14H2,1-2H3,(H,25,26)(H,27,29). The Kier molecular flexibility index (Phi) is 5.52. The van der Waals surface area contributed by atoms with Gasteiger partial charge in [0.25, 0.3) is 0 Å². The summed E-state index contributed by atoms with van der Waals surface area (Å²) in [5, 5.41) is 6.23. The number of aromatic nitrogens is 1. The fourth-order valence-corrected chi connectivity index (χ4v) is 3.32. The molecule has 154 valence electrons. The molecular formula is C23H23FN4O2. The average Bonchev–Trinajstić information content (AvgIpc) is 2.73. The molecule has 1 aliphatic heterocycles. The van der Waals surface area contributed by atoms with Crippen LogP contribution < -0.4 is 20.3 Å². The van der Waals surface area contributed by atoms with Crippen molar-refractivity contribution in [2.45, 2.75) is 20.1 Å². The van der Waals surface area contributed by atoms with Crippen LogP contribution in [0.5, 0.6) is 5.75 Å². The van der Waals surface area contributed by atoms with Crippen molar-refractivity contribution in [3.05, 3.63) is 77.2 Å². The van der Waals surface area contributed by atoms with Crippen LogP contribution in [0.1, 0.15) is 16.8 Å². The van der Waals surface area contributed by atoms with E-state index in [1.165, 1.54) is 12.1 Å². The van der Waals surface area contributed by atoms with Crippen molar-refractivity contribution in [3.63, 3.8) is 0 Å². The highest BCUT2D eigenvalue weighted by molar-refractivity contribution is 6.02. The number of likely N-dealkylation sites (N-methyl/N-ethyl adjacent to an activating group) is 1. The van der Waals surface area contributed by atoms with Gasteiger partial charge < -0.3 is 20.3 Å². The maximum absolute atomic E-state index is 13.0. The summed E-state index contributed by atoms with van der Waals surface area (Å²) in [4.78, 5) is 18.2. The lowest BCUT2D eigenvalue weighted by Gasteiger charge is -2.28. The topological polar surface area (TPSA) is 66.5 Å². The van der Waals surface area contributed by atoms with Gasteiger partial charge >= 0.3 is 0 Å². The number of amides is 1. The minimum absolute atomic E-state index is 0.0302. The molecule has 0 spiro atoms. The second kappa shape index (κ2) is 8.41. The Bertz CT molecular complexity index is 1050. The number of nitrogens with zero attached hydrogens (tertiary/aromatic N) is 2. The van der Waals surface area contributed by atoms with Gasteiger partial charge in [0, 0.05) is 19.7 Å². The molecule has 0 saturated heterocycles. The van der Waals surface area contributed by atoms with Gasteiger partial charge in [0.05, 0.1) is 23.6 Å². The van der Waals surface area contributed by atoms with Crippen LogP contribution in [0.25, 0.3) is 0 Å². The van der Waals surface area contributed by atoms with Crippen molar-refractivity contribution in [3.8, 4) is 5.75 Å². The number of aryl methyl sites for hydroxylation is 1. The lowest BCUT2D eigenvalue weighted by molar-refractivity contribution is -0.115. The second-order valence-corrected chi connectivity index (χ2v) is 7.30. The Morgan fingerprint density at radius 3 is 2.57 bits per heavy atom. The molecule has 0 radical (unpaired) electrons. The van der Waals surface area contributed by atoms with Crippen molar-refractivity contribution in [1.29, 1.82) is 0 Å². The first-order valence-corrected chi connectivity index (χ1v) is 9.70. The monoisotopic (exact) mass is 406 g/mol. The number of rotatable bonds is 6. The smallest absolute Gasteiger partial charge is 0.243 e. The number of hydrogen-bond donors (Lipinski definition) is 2. The lowest BCUT2D eigenvalue weighted by Crippen LogP contribution is -2.36. The maximum Gasteiger partial charge on any atom is 0.243 e. The molecule has 2 N–H and O–H groups in total. The van der Waals surface area contributed by atoms with E-state index in [0.717, 1.165) is 39.8 Å². The summed E-state index contributed by atoms with van der Waals surface area (Å²) in [6.07, 6.45) is 0. The van der Waals surface area contributed by atoms with E-state index in [2.05, 4.69) is 15.6 Å². The average molecular weight is 406 g/mol. The van der Waals surface area contributed by atoms with Crippen molar-refractivity contribution in [2.24, 2.45) is 0 Å². The highest BCUT2D eigenvalue weighted by Crippen LogP contribution is 2.33. The normalized spacial score (nSPS) is 12.9. The fourth-order valence-electron chi connectivity index (χ4n) is 3.32. The van der Waals surface area contributed by atoms with Gasteiger partial charge in [0.2, 0.25) is 5.91 Å². The van der Waals surface area contributed by atoms with E-state index in [4.69, 9.17) is 4.74 Å². The Morgan fingerprint density at radius 1 is 1.13 bits per heavy atom. The number of fused-ring (bicyclic) bond motifs is 1. The van der Waals surface area contributed by atoms with E-state index in [-0.39, 0.29) is 11.7 Å². The summed E-state index contributed by atoms with van der Waals surface area (Å²) in [6.45, 7) is 3.21. The maximum atomic E-state index is 13.0. The minimum Gasteiger partial charge on any atom is -0.489 e. The van der Waals surface area contributed by atoms with E-state index in [9.17, 15) is 9.18 Å². The van der Waals surface area contributed by atoms with E-state index in [1.807, 2.05) is 49.2 Å². The van der Waals surface area contributed by atoms with Gasteiger partial charge in [-0.1, -0.05) is 24.3 Å². The third kappa shape index (κ3) is 4.51. The highest BCUT2D eigenvalue weighted by atomic mass is 19.1. The number of nitrogens with one attached hydrogen (secondary N) is 2. The van der Waals surface area contributed by atoms with E-state index >= 15 is 0 Å². The van der Waals surface area contributed by atoms with Crippen LogP contribution in [0.15, 0.2) is 54.6 Å². The zero-order valence-electron chi connectivity index (χ0n) is 16.9. The number of pyridine rings is 1. The van der Waals surface area contributed by atoms with Gasteiger partial charge in [-0.2, -0.15) is 0 Å². The number of benzene rings is 2. The highest BCUT2D eigenvalue weighted by Gasteiger charge is 2.22. The third-order valence-electron chi connectivity index (χ3n) is 4.95. The zero-order valence-corrected chi connectivity index (χ0v) is 16.9. The molecule has 0 saturated carbocycles. The molecule has 2 heterocycles. The molecule has 0 fully saturated rings. The summed E-state index contributed by atoms with van der Waals surface area (Å²) in [6, 6.07) is 16.0. The first-order valence-electron chi connectivity index (χ1n) is 9.70. The van der Waals surface area contributed by atoms with Crippen LogP contribution in [0, 0.1) is 12.7 Å². The van der Waals surface area contributed by atoms with Gasteiger partial charge in [0.1, 0.15) is 24.0 Å². The van der Waals surface area contributed by atoms with Crippen molar-refractivity contribution in [1.82, 2.24) is 4.98 Å². The van der Waals surface area contributed by atoms with Gasteiger partial charge in [-0.15, -0.1) is 0 Å². The summed E-state index contributed by atoms with van der Waals surface area (Å²) in [5.41, 5.74) is 4.50. The zero-order chi connectivity index (χ0) is 21.1. The molecule has 6 nitrogen and oxygen atoms in total. The fraction of sp³-hybridized carbons (Fsp3) is 0.217. The van der Waals surface area contributed by atoms with Crippen LogP contribution in [-0.4, -0.2) is 24.5 Å². The Hall–Kier alpha value is -3.61. The number of halogens is 1. The van der Waals surface area contributed by atoms with Gasteiger partial charge in [0.15, 0.2) is 0 Å². The van der Waals surface area contributed by atoms with Crippen LogP contribution in [0.2, 0.25) is 0 Å². The van der Waals surface area contributed by atoms with E-state index < -0.39 is 0 Å². The predicted molar refractivity (Wildman–Crippen MR) is 115 cm³/mol. The predicted octanol–water partition coefficient (Wildman–Crippen LogP) is 4.11. The molecule has 7 heteroatoms. The molecule has 3 aromatic rings. The summed E-state index contributed by atoms with van der Waals surface area (Å²) < 4.78 is 18.7. The Labute approximate surface area is 174 Å². The molecule has 30 heavy (non-hydrogen) atoms. The second-order valence-electron chi connectivity index (χ2n) is 7.30. The summed E-state index contributed by atoms with van der Waals surface area (Å²) in [5.74, 6) is 1.22. The van der Waals surface area contributed by atoms with Crippen LogP contribution in [0.3, 0.4) is 0 Å². The molecule has 0 unspecified atom stereocenters. The van der Waals surface area contributed by atoms with Crippen LogP contribution in [0.4, 0.5) is 21.6 Å². The quantitative estimate of drug-likeness (QED) is 0.645. The SMILES string of the molecule is Cc1nc(NCc2ccc(OCc3ccc(F)cc3)cc2)cc2c1NC(=O)CN2C. The van der Waals surface area contributed by atoms with Gasteiger partial charge in [-0.05, 0) is 42.3 Å². The third-order valence-corrected chi connectivity index (χ3v) is 4.95. The van der Waals surface area contributed by atoms with E-state index in [1.54, 1.807) is 12.1 Å². The van der Waals surface area contributed by atoms with Crippen molar-refractivity contribution >= 4 is 23.1 Å². The number of anilines is 3. The van der Waals surface area contributed by atoms with Crippen LogP contribution >= 0.6 is 0 Å². The summed E-state index contributed by atoms with van der Waals surface area (Å²) in [7, 11) is 1.89.